The van der Waals surface area contributed by atoms with Gasteiger partial charge in [-0.1, -0.05) is 0 Å². The maximum atomic E-state index is 11.9. The minimum Gasteiger partial charge on any atom is -0.384 e. The molecule has 0 aliphatic rings. The highest BCUT2D eigenvalue weighted by Crippen LogP contribution is 2.27. The molecule has 0 atom stereocenters. The van der Waals surface area contributed by atoms with Crippen LogP contribution < -0.4 is 11.1 Å². The van der Waals surface area contributed by atoms with Gasteiger partial charge in [0.05, 0.1) is 15.0 Å². The van der Waals surface area contributed by atoms with Gasteiger partial charge in [0.2, 0.25) is 0 Å². The average Bonchev–Trinajstić information content (AvgIpc) is 2.41. The molecular weight excluding hydrogens is 328 g/mol. The molecule has 0 aliphatic heterocycles. The molecule has 2 aromatic rings. The van der Waals surface area contributed by atoms with Crippen LogP contribution in [-0.2, 0) is 0 Å². The summed E-state index contributed by atoms with van der Waals surface area (Å²) in [5.74, 6) is -0.116. The van der Waals surface area contributed by atoms with E-state index in [4.69, 9.17) is 5.73 Å². The van der Waals surface area contributed by atoms with Gasteiger partial charge >= 0.3 is 0 Å². The van der Waals surface area contributed by atoms with Crippen molar-refractivity contribution < 1.29 is 9.72 Å². The summed E-state index contributed by atoms with van der Waals surface area (Å²) >= 11 is 3.07. The molecule has 0 bridgehead atoms. The van der Waals surface area contributed by atoms with Gasteiger partial charge in [-0.05, 0) is 40.2 Å². The molecule has 2 rings (SSSR count). The van der Waals surface area contributed by atoms with Crippen molar-refractivity contribution in [3.63, 3.8) is 0 Å². The van der Waals surface area contributed by atoms with Crippen LogP contribution in [0.25, 0.3) is 0 Å². The van der Waals surface area contributed by atoms with Gasteiger partial charge in [0, 0.05) is 18.0 Å². The van der Waals surface area contributed by atoms with Gasteiger partial charge in [0.25, 0.3) is 11.6 Å². The molecule has 0 radical (unpaired) electrons. The van der Waals surface area contributed by atoms with Crippen LogP contribution in [0.1, 0.15) is 10.4 Å². The number of nitrogens with one attached hydrogen (secondary N) is 1. The number of aromatic nitrogens is 1. The first-order valence-electron chi connectivity index (χ1n) is 5.44. The van der Waals surface area contributed by atoms with Crippen LogP contribution in [0.2, 0.25) is 0 Å². The number of nitrogens with two attached hydrogens (primary N) is 1. The summed E-state index contributed by atoms with van der Waals surface area (Å²) in [6, 6.07) is 7.34. The fourth-order valence-electron chi connectivity index (χ4n) is 1.47. The van der Waals surface area contributed by atoms with E-state index in [0.717, 1.165) is 0 Å². The first kappa shape index (κ1) is 13.9. The number of nitro groups is 1. The van der Waals surface area contributed by atoms with E-state index < -0.39 is 10.8 Å². The lowest BCUT2D eigenvalue weighted by molar-refractivity contribution is -0.385. The normalized spacial score (nSPS) is 10.1. The van der Waals surface area contributed by atoms with Crippen molar-refractivity contribution in [2.75, 3.05) is 11.1 Å². The van der Waals surface area contributed by atoms with Crippen LogP contribution in [0.3, 0.4) is 0 Å². The largest absolute Gasteiger partial charge is 0.384 e. The number of hydrogen-bond donors (Lipinski definition) is 2. The van der Waals surface area contributed by atoms with Gasteiger partial charge in [-0.2, -0.15) is 0 Å². The number of nitro benzene ring substituents is 1. The number of hydrogen-bond acceptors (Lipinski definition) is 5. The van der Waals surface area contributed by atoms with Gasteiger partial charge in [-0.25, -0.2) is 4.98 Å². The lowest BCUT2D eigenvalue weighted by Gasteiger charge is -2.05. The molecule has 1 aromatic carbocycles. The summed E-state index contributed by atoms with van der Waals surface area (Å²) in [5.41, 5.74) is 5.93. The number of rotatable bonds is 3. The number of carbonyl (C=O) groups is 1. The molecule has 7 nitrogen and oxygen atoms in total. The van der Waals surface area contributed by atoms with Crippen molar-refractivity contribution >= 4 is 39.0 Å². The third kappa shape index (κ3) is 3.09. The quantitative estimate of drug-likeness (QED) is 0.660. The zero-order valence-electron chi connectivity index (χ0n) is 10.0. The zero-order valence-corrected chi connectivity index (χ0v) is 11.6. The van der Waals surface area contributed by atoms with Crippen molar-refractivity contribution in [1.82, 2.24) is 4.98 Å². The summed E-state index contributed by atoms with van der Waals surface area (Å²) in [6.07, 6.45) is 1.33. The molecular formula is C12H9BrN4O3. The Morgan fingerprint density at radius 2 is 2.10 bits per heavy atom. The van der Waals surface area contributed by atoms with Crippen LogP contribution in [0, 0.1) is 10.1 Å². The average molecular weight is 337 g/mol. The van der Waals surface area contributed by atoms with E-state index in [2.05, 4.69) is 26.2 Å². The molecule has 0 saturated carbocycles. The number of benzene rings is 1. The van der Waals surface area contributed by atoms with Crippen molar-refractivity contribution in [1.29, 1.82) is 0 Å². The standard InChI is InChI=1S/C12H9BrN4O3/c13-9-3-2-8(5-10(9)17(19)20)16-12(18)7-1-4-11(14)15-6-7/h1-6H,(H2,14,15)(H,16,18). The van der Waals surface area contributed by atoms with E-state index in [0.29, 0.717) is 21.5 Å². The highest BCUT2D eigenvalue weighted by atomic mass is 79.9. The predicted molar refractivity (Wildman–Crippen MR) is 77.4 cm³/mol. The Morgan fingerprint density at radius 3 is 2.70 bits per heavy atom. The van der Waals surface area contributed by atoms with E-state index in [1.165, 1.54) is 30.5 Å². The summed E-state index contributed by atoms with van der Waals surface area (Å²) < 4.78 is 0.342. The Labute approximate surface area is 122 Å². The summed E-state index contributed by atoms with van der Waals surface area (Å²) in [5, 5.41) is 13.4. The van der Waals surface area contributed by atoms with Gasteiger partial charge < -0.3 is 11.1 Å². The van der Waals surface area contributed by atoms with E-state index in [1.54, 1.807) is 6.07 Å². The molecule has 1 heterocycles. The van der Waals surface area contributed by atoms with Gasteiger partial charge in [-0.3, -0.25) is 14.9 Å². The number of pyridine rings is 1. The zero-order chi connectivity index (χ0) is 14.7. The third-order valence-corrected chi connectivity index (χ3v) is 3.12. The maximum Gasteiger partial charge on any atom is 0.285 e. The molecule has 1 aromatic heterocycles. The van der Waals surface area contributed by atoms with Gasteiger partial charge in [-0.15, -0.1) is 0 Å². The lowest BCUT2D eigenvalue weighted by atomic mass is 10.2. The van der Waals surface area contributed by atoms with E-state index >= 15 is 0 Å². The minimum absolute atomic E-state index is 0.127. The van der Waals surface area contributed by atoms with Crippen LogP contribution in [-0.4, -0.2) is 15.8 Å². The molecule has 1 amide bonds. The Hall–Kier alpha value is -2.48. The second-order valence-corrected chi connectivity index (χ2v) is 4.70. The first-order chi connectivity index (χ1) is 9.47. The number of carbonyl (C=O) groups excluding carboxylic acids is 1. The second kappa shape index (κ2) is 5.66. The maximum absolute atomic E-state index is 11.9. The monoisotopic (exact) mass is 336 g/mol. The fraction of sp³-hybridized carbons (Fsp3) is 0. The highest BCUT2D eigenvalue weighted by Gasteiger charge is 2.14. The van der Waals surface area contributed by atoms with Crippen LogP contribution in [0.4, 0.5) is 17.2 Å². The van der Waals surface area contributed by atoms with E-state index in [-0.39, 0.29) is 5.69 Å². The summed E-state index contributed by atoms with van der Waals surface area (Å²) in [7, 11) is 0. The molecule has 102 valence electrons. The highest BCUT2D eigenvalue weighted by molar-refractivity contribution is 9.10. The molecule has 0 aliphatic carbocycles. The predicted octanol–water partition coefficient (Wildman–Crippen LogP) is 2.59. The van der Waals surface area contributed by atoms with Crippen molar-refractivity contribution in [3.05, 3.63) is 56.7 Å². The van der Waals surface area contributed by atoms with Crippen molar-refractivity contribution in [2.45, 2.75) is 0 Å². The van der Waals surface area contributed by atoms with E-state index in [1.807, 2.05) is 0 Å². The van der Waals surface area contributed by atoms with Crippen molar-refractivity contribution in [3.8, 4) is 0 Å². The molecule has 0 fully saturated rings. The van der Waals surface area contributed by atoms with Crippen LogP contribution >= 0.6 is 15.9 Å². The number of anilines is 2. The summed E-state index contributed by atoms with van der Waals surface area (Å²) in [4.78, 5) is 26.0. The number of halogens is 1. The number of nitrogen functional groups attached to an aromatic ring is 1. The Kier molecular flexibility index (Phi) is 3.94. The minimum atomic E-state index is -0.537. The fourth-order valence-corrected chi connectivity index (χ4v) is 1.86. The number of amides is 1. The Bertz CT molecular complexity index is 673. The Morgan fingerprint density at radius 1 is 1.35 bits per heavy atom. The van der Waals surface area contributed by atoms with Crippen LogP contribution in [0.5, 0.6) is 0 Å². The van der Waals surface area contributed by atoms with E-state index in [9.17, 15) is 14.9 Å². The Balaban J connectivity index is 2.21. The third-order valence-electron chi connectivity index (χ3n) is 2.45. The first-order valence-corrected chi connectivity index (χ1v) is 6.23. The molecule has 0 spiro atoms. The second-order valence-electron chi connectivity index (χ2n) is 3.85. The molecule has 8 heteroatoms. The van der Waals surface area contributed by atoms with Crippen molar-refractivity contribution in [2.24, 2.45) is 0 Å². The lowest BCUT2D eigenvalue weighted by Crippen LogP contribution is -2.12. The topological polar surface area (TPSA) is 111 Å². The smallest absolute Gasteiger partial charge is 0.285 e. The van der Waals surface area contributed by atoms with Gasteiger partial charge in [0.1, 0.15) is 5.82 Å². The van der Waals surface area contributed by atoms with Crippen LogP contribution in [0.15, 0.2) is 41.0 Å². The molecule has 20 heavy (non-hydrogen) atoms. The number of nitrogens with zero attached hydrogens (tertiary/aromatic N) is 2. The molecule has 0 unspecified atom stereocenters. The molecule has 0 saturated heterocycles. The van der Waals surface area contributed by atoms with Gasteiger partial charge in [0.15, 0.2) is 0 Å². The summed E-state index contributed by atoms with van der Waals surface area (Å²) in [6.45, 7) is 0. The SMILES string of the molecule is Nc1ccc(C(=O)Nc2ccc(Br)c([N+](=O)[O-])c2)cn1. The molecule has 3 N–H and O–H groups in total.